The molecule has 0 atom stereocenters. The highest BCUT2D eigenvalue weighted by atomic mass is 14.8. The van der Waals surface area contributed by atoms with Crippen LogP contribution in [0.15, 0.2) is 21.4 Å². The summed E-state index contributed by atoms with van der Waals surface area (Å²) < 4.78 is 0. The number of hydrogen-bond donors (Lipinski definition) is 0. The van der Waals surface area contributed by atoms with E-state index >= 15 is 0 Å². The summed E-state index contributed by atoms with van der Waals surface area (Å²) in [6.45, 7) is 9.54. The lowest BCUT2D eigenvalue weighted by molar-refractivity contribution is 0.954. The maximum Gasteiger partial charge on any atom is 0.0610 e. The second-order valence-electron chi connectivity index (χ2n) is 2.15. The van der Waals surface area contributed by atoms with Crippen LogP contribution in [0.1, 0.15) is 33.6 Å². The molecule has 0 saturated heterocycles. The Morgan fingerprint density at radius 3 is 2.09 bits per heavy atom. The van der Waals surface area contributed by atoms with E-state index in [9.17, 15) is 0 Å². The number of aliphatic imine (C=N–C) groups is 2. The average molecular weight is 152 g/mol. The average Bonchev–Trinajstić information content (AvgIpc) is 2.05. The van der Waals surface area contributed by atoms with Crippen LogP contribution in [0.25, 0.3) is 0 Å². The van der Waals surface area contributed by atoms with Crippen LogP contribution in [0.4, 0.5) is 0 Å². The van der Waals surface area contributed by atoms with Gasteiger partial charge in [-0.2, -0.15) is 0 Å². The molecule has 0 aliphatic carbocycles. The Morgan fingerprint density at radius 2 is 1.82 bits per heavy atom. The third-order valence-corrected chi connectivity index (χ3v) is 1.48. The Morgan fingerprint density at radius 1 is 1.27 bits per heavy atom. The fourth-order valence-electron chi connectivity index (χ4n) is 0.933. The predicted molar refractivity (Wildman–Crippen MR) is 51.3 cm³/mol. The molecule has 0 fully saturated rings. The zero-order chi connectivity index (χ0) is 8.69. The molecule has 2 heteroatoms. The van der Waals surface area contributed by atoms with Crippen molar-refractivity contribution < 1.29 is 0 Å². The summed E-state index contributed by atoms with van der Waals surface area (Å²) in [5.41, 5.74) is 2.05. The zero-order valence-electron chi connectivity index (χ0n) is 7.59. The van der Waals surface area contributed by atoms with E-state index in [0.29, 0.717) is 0 Å². The first-order valence-corrected chi connectivity index (χ1v) is 3.97. The Bertz CT molecular complexity index is 178. The van der Waals surface area contributed by atoms with Gasteiger partial charge in [-0.25, -0.2) is 0 Å². The van der Waals surface area contributed by atoms with Gasteiger partial charge in [0, 0.05) is 6.21 Å². The predicted octanol–water partition coefficient (Wildman–Crippen LogP) is 2.81. The Hall–Kier alpha value is -0.920. The number of nitrogens with zero attached hydrogens (tertiary/aromatic N) is 2. The summed E-state index contributed by atoms with van der Waals surface area (Å²) in [7, 11) is 0. The van der Waals surface area contributed by atoms with Crippen molar-refractivity contribution >= 4 is 12.9 Å². The minimum atomic E-state index is 0.907. The molecule has 0 aromatic heterocycles. The molecule has 0 aliphatic rings. The van der Waals surface area contributed by atoms with Gasteiger partial charge >= 0.3 is 0 Å². The Labute approximate surface area is 68.8 Å². The van der Waals surface area contributed by atoms with E-state index in [4.69, 9.17) is 0 Å². The van der Waals surface area contributed by atoms with Crippen molar-refractivity contribution in [2.24, 2.45) is 9.98 Å². The first-order chi connectivity index (χ1) is 5.29. The van der Waals surface area contributed by atoms with E-state index < -0.39 is 0 Å². The summed E-state index contributed by atoms with van der Waals surface area (Å²) in [5.74, 6) is 0. The van der Waals surface area contributed by atoms with Crippen LogP contribution in [0.3, 0.4) is 0 Å². The van der Waals surface area contributed by atoms with Crippen LogP contribution in [0.5, 0.6) is 0 Å². The lowest BCUT2D eigenvalue weighted by Crippen LogP contribution is -1.84. The minimum Gasteiger partial charge on any atom is -0.267 e. The highest BCUT2D eigenvalue weighted by Gasteiger charge is 1.97. The molecule has 11 heavy (non-hydrogen) atoms. The molecule has 0 radical (unpaired) electrons. The van der Waals surface area contributed by atoms with Gasteiger partial charge in [0.05, 0.1) is 11.4 Å². The number of allylic oxidation sites excluding steroid dienone is 2. The number of hydrogen-bond acceptors (Lipinski definition) is 2. The summed E-state index contributed by atoms with van der Waals surface area (Å²) in [6, 6.07) is 0. The van der Waals surface area contributed by atoms with E-state index in [0.717, 1.165) is 24.2 Å². The van der Waals surface area contributed by atoms with Crippen molar-refractivity contribution in [1.82, 2.24) is 0 Å². The molecule has 0 heterocycles. The van der Waals surface area contributed by atoms with Gasteiger partial charge in [-0.3, -0.25) is 9.98 Å². The van der Waals surface area contributed by atoms with Gasteiger partial charge in [-0.05, 0) is 26.5 Å². The van der Waals surface area contributed by atoms with E-state index in [-0.39, 0.29) is 0 Å². The maximum atomic E-state index is 4.21. The van der Waals surface area contributed by atoms with E-state index in [1.807, 2.05) is 6.92 Å². The SMILES string of the molecule is C=N/C(CC)=C(/CC)N=CC. The summed E-state index contributed by atoms with van der Waals surface area (Å²) in [5, 5.41) is 0. The van der Waals surface area contributed by atoms with Crippen LogP contribution in [-0.2, 0) is 0 Å². The van der Waals surface area contributed by atoms with Crippen LogP contribution < -0.4 is 0 Å². The van der Waals surface area contributed by atoms with E-state index in [2.05, 4.69) is 30.5 Å². The van der Waals surface area contributed by atoms with Crippen LogP contribution in [0, 0.1) is 0 Å². The van der Waals surface area contributed by atoms with Crippen LogP contribution in [-0.4, -0.2) is 12.9 Å². The second-order valence-corrected chi connectivity index (χ2v) is 2.15. The van der Waals surface area contributed by atoms with Crippen molar-refractivity contribution in [1.29, 1.82) is 0 Å². The van der Waals surface area contributed by atoms with Gasteiger partial charge < -0.3 is 0 Å². The normalized spacial score (nSPS) is 13.4. The fraction of sp³-hybridized carbons (Fsp3) is 0.556. The van der Waals surface area contributed by atoms with Gasteiger partial charge in [-0.1, -0.05) is 13.8 Å². The van der Waals surface area contributed by atoms with Crippen molar-refractivity contribution in [2.75, 3.05) is 0 Å². The first-order valence-electron chi connectivity index (χ1n) is 3.97. The van der Waals surface area contributed by atoms with Crippen molar-refractivity contribution in [3.05, 3.63) is 11.4 Å². The molecule has 62 valence electrons. The Kier molecular flexibility index (Phi) is 5.35. The van der Waals surface area contributed by atoms with Gasteiger partial charge in [0.15, 0.2) is 0 Å². The molecule has 0 spiro atoms. The quantitative estimate of drug-likeness (QED) is 0.553. The van der Waals surface area contributed by atoms with Crippen molar-refractivity contribution in [2.45, 2.75) is 33.6 Å². The van der Waals surface area contributed by atoms with Gasteiger partial charge in [0.2, 0.25) is 0 Å². The maximum absolute atomic E-state index is 4.21. The fourth-order valence-corrected chi connectivity index (χ4v) is 0.933. The van der Waals surface area contributed by atoms with Gasteiger partial charge in [0.25, 0.3) is 0 Å². The molecule has 0 rings (SSSR count). The third kappa shape index (κ3) is 3.12. The third-order valence-electron chi connectivity index (χ3n) is 1.48. The molecule has 0 N–H and O–H groups in total. The first kappa shape index (κ1) is 10.1. The highest BCUT2D eigenvalue weighted by Crippen LogP contribution is 2.13. The minimum absolute atomic E-state index is 0.907. The molecule has 0 aliphatic heterocycles. The zero-order valence-corrected chi connectivity index (χ0v) is 7.59. The van der Waals surface area contributed by atoms with E-state index in [1.54, 1.807) is 6.21 Å². The highest BCUT2D eigenvalue weighted by molar-refractivity contribution is 5.55. The number of rotatable bonds is 4. The standard InChI is InChI=1S/C9H16N2/c1-5-8(10-4)9(6-2)11-7-3/h7H,4-6H2,1-3H3/b9-8-,11-7?. The molecule has 0 unspecified atom stereocenters. The summed E-state index contributed by atoms with van der Waals surface area (Å²) >= 11 is 0. The lowest BCUT2D eigenvalue weighted by atomic mass is 10.2. The molecule has 0 amide bonds. The Balaban J connectivity index is 4.61. The summed E-state index contributed by atoms with van der Waals surface area (Å²) in [4.78, 5) is 8.12. The molecule has 2 nitrogen and oxygen atoms in total. The second kappa shape index (κ2) is 5.83. The van der Waals surface area contributed by atoms with Crippen LogP contribution >= 0.6 is 0 Å². The molecule has 0 aromatic carbocycles. The van der Waals surface area contributed by atoms with Crippen LogP contribution in [0.2, 0.25) is 0 Å². The molecule has 0 aromatic rings. The largest absolute Gasteiger partial charge is 0.267 e. The smallest absolute Gasteiger partial charge is 0.0610 e. The van der Waals surface area contributed by atoms with E-state index in [1.165, 1.54) is 0 Å². The molecular formula is C9H16N2. The molecule has 0 saturated carbocycles. The monoisotopic (exact) mass is 152 g/mol. The lowest BCUT2D eigenvalue weighted by Gasteiger charge is -2.01. The van der Waals surface area contributed by atoms with Crippen molar-refractivity contribution in [3.8, 4) is 0 Å². The molecular weight excluding hydrogens is 136 g/mol. The van der Waals surface area contributed by atoms with Gasteiger partial charge in [0.1, 0.15) is 0 Å². The molecule has 0 bridgehead atoms. The topological polar surface area (TPSA) is 24.7 Å². The van der Waals surface area contributed by atoms with Crippen molar-refractivity contribution in [3.63, 3.8) is 0 Å². The summed E-state index contributed by atoms with van der Waals surface area (Å²) in [6.07, 6.45) is 3.62. The van der Waals surface area contributed by atoms with Gasteiger partial charge in [-0.15, -0.1) is 0 Å².